The molecule has 0 spiro atoms. The van der Waals surface area contributed by atoms with Gasteiger partial charge in [-0.15, -0.1) is 0 Å². The second-order valence-corrected chi connectivity index (χ2v) is 3.80. The number of carbonyl (C=O) groups is 1. The van der Waals surface area contributed by atoms with Crippen LogP contribution in [0.5, 0.6) is 0 Å². The third-order valence-electron chi connectivity index (χ3n) is 2.72. The van der Waals surface area contributed by atoms with Crippen molar-refractivity contribution >= 4 is 11.9 Å². The van der Waals surface area contributed by atoms with Crippen LogP contribution in [0.1, 0.15) is 30.0 Å². The van der Waals surface area contributed by atoms with Crippen LogP contribution in [0, 0.1) is 0 Å². The van der Waals surface area contributed by atoms with Gasteiger partial charge in [0.15, 0.2) is 0 Å². The lowest BCUT2D eigenvalue weighted by Crippen LogP contribution is -2.07. The largest absolute Gasteiger partial charge is 0.288 e. The molecule has 0 unspecified atom stereocenters. The van der Waals surface area contributed by atoms with Gasteiger partial charge in [-0.05, 0) is 38.1 Å². The van der Waals surface area contributed by atoms with E-state index in [1.807, 2.05) is 24.6 Å². The third kappa shape index (κ3) is 2.40. The molecule has 94 valence electrons. The fourth-order valence-corrected chi connectivity index (χ4v) is 1.79. The van der Waals surface area contributed by atoms with Gasteiger partial charge < -0.3 is 0 Å². The first kappa shape index (κ1) is 12.3. The number of nitrogens with zero attached hydrogens (tertiary/aromatic N) is 4. The number of aryl methyl sites for hydroxylation is 2. The molecule has 0 aliphatic carbocycles. The van der Waals surface area contributed by atoms with Crippen molar-refractivity contribution in [2.24, 2.45) is 0 Å². The normalized spacial score (nSPS) is 11.2. The fraction of sp³-hybridized carbons (Fsp3) is 0.308. The maximum atomic E-state index is 12.0. The van der Waals surface area contributed by atoms with Crippen LogP contribution in [0.2, 0.25) is 0 Å². The first-order chi connectivity index (χ1) is 8.76. The van der Waals surface area contributed by atoms with Crippen LogP contribution >= 0.6 is 0 Å². The number of hydrogen-bond acceptors (Lipinski definition) is 3. The third-order valence-corrected chi connectivity index (χ3v) is 2.72. The quantitative estimate of drug-likeness (QED) is 0.597. The summed E-state index contributed by atoms with van der Waals surface area (Å²) in [5, 5.41) is 8.22. The van der Waals surface area contributed by atoms with E-state index >= 15 is 0 Å². The predicted molar refractivity (Wildman–Crippen MR) is 69.2 cm³/mol. The van der Waals surface area contributed by atoms with E-state index in [-0.39, 0.29) is 5.78 Å². The number of carbonyl (C=O) groups excluding carboxylic acids is 1. The first-order valence-corrected chi connectivity index (χ1v) is 6.02. The number of allylic oxidation sites excluding steroid dienone is 1. The molecule has 2 aromatic heterocycles. The van der Waals surface area contributed by atoms with Gasteiger partial charge >= 0.3 is 0 Å². The van der Waals surface area contributed by atoms with Gasteiger partial charge in [0.1, 0.15) is 5.69 Å². The van der Waals surface area contributed by atoms with Gasteiger partial charge in [0.05, 0.1) is 5.69 Å². The zero-order valence-corrected chi connectivity index (χ0v) is 10.6. The lowest BCUT2D eigenvalue weighted by Gasteiger charge is -2.01. The van der Waals surface area contributed by atoms with E-state index in [0.717, 1.165) is 12.2 Å². The van der Waals surface area contributed by atoms with Gasteiger partial charge in [-0.3, -0.25) is 14.2 Å². The van der Waals surface area contributed by atoms with E-state index in [2.05, 4.69) is 10.2 Å². The summed E-state index contributed by atoms with van der Waals surface area (Å²) in [5.41, 5.74) is 1.53. The van der Waals surface area contributed by atoms with Gasteiger partial charge in [-0.1, -0.05) is 0 Å². The standard InChI is InChI=1S/C13H16N4O/c1-3-16-11(7-9-14-16)5-6-13(18)12-8-10-15-17(12)4-2/h5-10H,3-4H2,1-2H3/b6-5+. The van der Waals surface area contributed by atoms with E-state index in [9.17, 15) is 4.79 Å². The topological polar surface area (TPSA) is 52.7 Å². The van der Waals surface area contributed by atoms with E-state index in [1.165, 1.54) is 0 Å². The van der Waals surface area contributed by atoms with Crippen molar-refractivity contribution in [1.82, 2.24) is 19.6 Å². The van der Waals surface area contributed by atoms with Crippen LogP contribution in [0.4, 0.5) is 0 Å². The number of aromatic nitrogens is 4. The van der Waals surface area contributed by atoms with Crippen molar-refractivity contribution in [3.63, 3.8) is 0 Å². The first-order valence-electron chi connectivity index (χ1n) is 6.02. The maximum Gasteiger partial charge on any atom is 0.203 e. The molecule has 0 saturated carbocycles. The van der Waals surface area contributed by atoms with Crippen molar-refractivity contribution < 1.29 is 4.79 Å². The minimum absolute atomic E-state index is 0.0433. The van der Waals surface area contributed by atoms with Crippen molar-refractivity contribution in [2.45, 2.75) is 26.9 Å². The molecule has 0 amide bonds. The summed E-state index contributed by atoms with van der Waals surface area (Å²) in [6.07, 6.45) is 6.71. The highest BCUT2D eigenvalue weighted by molar-refractivity contribution is 6.05. The molecule has 18 heavy (non-hydrogen) atoms. The number of rotatable bonds is 5. The summed E-state index contributed by atoms with van der Waals surface area (Å²) in [6, 6.07) is 3.61. The molecule has 0 bridgehead atoms. The Morgan fingerprint density at radius 1 is 1.17 bits per heavy atom. The van der Waals surface area contributed by atoms with E-state index in [0.29, 0.717) is 12.2 Å². The van der Waals surface area contributed by atoms with Gasteiger partial charge in [0.2, 0.25) is 5.78 Å². The molecule has 2 heterocycles. The highest BCUT2D eigenvalue weighted by atomic mass is 16.1. The van der Waals surface area contributed by atoms with Crippen LogP contribution in [-0.4, -0.2) is 25.3 Å². The Morgan fingerprint density at radius 3 is 2.56 bits per heavy atom. The zero-order chi connectivity index (χ0) is 13.0. The molecular weight excluding hydrogens is 228 g/mol. The number of ketones is 1. The van der Waals surface area contributed by atoms with Crippen LogP contribution in [-0.2, 0) is 13.1 Å². The molecule has 5 nitrogen and oxygen atoms in total. The Hall–Kier alpha value is -2.17. The van der Waals surface area contributed by atoms with Gasteiger partial charge in [-0.25, -0.2) is 0 Å². The minimum atomic E-state index is -0.0433. The van der Waals surface area contributed by atoms with Crippen LogP contribution < -0.4 is 0 Å². The monoisotopic (exact) mass is 244 g/mol. The molecule has 0 aliphatic heterocycles. The molecule has 2 rings (SSSR count). The van der Waals surface area contributed by atoms with Crippen molar-refractivity contribution in [1.29, 1.82) is 0 Å². The van der Waals surface area contributed by atoms with E-state index in [4.69, 9.17) is 0 Å². The number of hydrogen-bond donors (Lipinski definition) is 0. The Morgan fingerprint density at radius 2 is 1.83 bits per heavy atom. The summed E-state index contributed by atoms with van der Waals surface area (Å²) in [5.74, 6) is -0.0433. The average molecular weight is 244 g/mol. The Kier molecular flexibility index (Phi) is 3.72. The average Bonchev–Trinajstić information content (AvgIpc) is 3.03. The molecule has 0 aliphatic rings. The van der Waals surface area contributed by atoms with Gasteiger partial charge in [0.25, 0.3) is 0 Å². The summed E-state index contributed by atoms with van der Waals surface area (Å²) in [7, 11) is 0. The molecule has 0 radical (unpaired) electrons. The van der Waals surface area contributed by atoms with Crippen LogP contribution in [0.3, 0.4) is 0 Å². The molecule has 2 aromatic rings. The Balaban J connectivity index is 2.17. The SMILES string of the molecule is CCn1nccc1/C=C/C(=O)c1ccnn1CC. The van der Waals surface area contributed by atoms with E-state index in [1.54, 1.807) is 35.3 Å². The summed E-state index contributed by atoms with van der Waals surface area (Å²) >= 11 is 0. The molecule has 0 N–H and O–H groups in total. The lowest BCUT2D eigenvalue weighted by atomic mass is 10.2. The van der Waals surface area contributed by atoms with Gasteiger partial charge in [-0.2, -0.15) is 10.2 Å². The zero-order valence-electron chi connectivity index (χ0n) is 10.6. The summed E-state index contributed by atoms with van der Waals surface area (Å²) in [4.78, 5) is 12.0. The Labute approximate surface area is 106 Å². The Bertz CT molecular complexity index is 565. The summed E-state index contributed by atoms with van der Waals surface area (Å²) in [6.45, 7) is 5.44. The fourth-order valence-electron chi connectivity index (χ4n) is 1.79. The molecule has 0 fully saturated rings. The highest BCUT2D eigenvalue weighted by Crippen LogP contribution is 2.05. The smallest absolute Gasteiger partial charge is 0.203 e. The minimum Gasteiger partial charge on any atom is -0.288 e. The van der Waals surface area contributed by atoms with Crippen molar-refractivity contribution in [3.05, 3.63) is 42.0 Å². The lowest BCUT2D eigenvalue weighted by molar-refractivity contribution is 0.103. The van der Waals surface area contributed by atoms with Gasteiger partial charge in [0, 0.05) is 25.5 Å². The molecule has 0 atom stereocenters. The molecule has 0 saturated heterocycles. The van der Waals surface area contributed by atoms with Crippen molar-refractivity contribution in [2.75, 3.05) is 0 Å². The van der Waals surface area contributed by atoms with Crippen molar-refractivity contribution in [3.8, 4) is 0 Å². The molecule has 0 aromatic carbocycles. The highest BCUT2D eigenvalue weighted by Gasteiger charge is 2.07. The van der Waals surface area contributed by atoms with Crippen LogP contribution in [0.15, 0.2) is 30.6 Å². The molecular formula is C13H16N4O. The predicted octanol–water partition coefficient (Wildman–Crippen LogP) is 2.02. The molecule has 5 heteroatoms. The maximum absolute atomic E-state index is 12.0. The second-order valence-electron chi connectivity index (χ2n) is 3.80. The summed E-state index contributed by atoms with van der Waals surface area (Å²) < 4.78 is 3.52. The second kappa shape index (κ2) is 5.44. The van der Waals surface area contributed by atoms with E-state index < -0.39 is 0 Å². The van der Waals surface area contributed by atoms with Crippen LogP contribution in [0.25, 0.3) is 6.08 Å².